The molecule has 3 N–H and O–H groups in total. The summed E-state index contributed by atoms with van der Waals surface area (Å²) in [5.74, 6) is 1.16. The van der Waals surface area contributed by atoms with E-state index in [4.69, 9.17) is 0 Å². The van der Waals surface area contributed by atoms with E-state index in [-0.39, 0.29) is 0 Å². The molecule has 0 amide bonds. The second kappa shape index (κ2) is 3.48. The number of hydrazone groups is 1. The van der Waals surface area contributed by atoms with E-state index >= 15 is 0 Å². The third-order valence-electron chi connectivity index (χ3n) is 1.29. The van der Waals surface area contributed by atoms with Gasteiger partial charge in [0.1, 0.15) is 12.2 Å². The Labute approximate surface area is 73.3 Å². The number of imidazole rings is 1. The fourth-order valence-electron chi connectivity index (χ4n) is 0.762. The number of aromatic amines is 2. The van der Waals surface area contributed by atoms with E-state index in [1.54, 1.807) is 18.6 Å². The molecule has 0 aliphatic heterocycles. The van der Waals surface area contributed by atoms with Crippen molar-refractivity contribution in [2.45, 2.75) is 0 Å². The standard InChI is InChI=1S/C6H7N7/c1-2-8-5(7-1)3-10-12-6-9-4-11-13-6/h1-4H,(H,7,8)(H2,9,11,12,13)/b10-3+. The molecule has 0 saturated carbocycles. The van der Waals surface area contributed by atoms with E-state index in [0.717, 1.165) is 0 Å². The van der Waals surface area contributed by atoms with Crippen LogP contribution in [0, 0.1) is 0 Å². The molecule has 0 aliphatic carbocycles. The predicted octanol–water partition coefficient (Wildman–Crippen LogP) is -0.0262. The van der Waals surface area contributed by atoms with Gasteiger partial charge in [-0.25, -0.2) is 15.5 Å². The first-order chi connectivity index (χ1) is 6.45. The van der Waals surface area contributed by atoms with Crippen molar-refractivity contribution >= 4 is 12.2 Å². The first kappa shape index (κ1) is 7.47. The third kappa shape index (κ3) is 1.89. The van der Waals surface area contributed by atoms with Crippen LogP contribution in [0.2, 0.25) is 0 Å². The van der Waals surface area contributed by atoms with Crippen LogP contribution in [0.15, 0.2) is 23.8 Å². The lowest BCUT2D eigenvalue weighted by Crippen LogP contribution is -1.93. The number of H-pyrrole nitrogens is 2. The highest BCUT2D eigenvalue weighted by molar-refractivity contribution is 5.74. The molecule has 7 heteroatoms. The second-order valence-electron chi connectivity index (χ2n) is 2.18. The van der Waals surface area contributed by atoms with Crippen LogP contribution in [0.25, 0.3) is 0 Å². The zero-order chi connectivity index (χ0) is 8.93. The summed E-state index contributed by atoms with van der Waals surface area (Å²) in [4.78, 5) is 10.6. The lowest BCUT2D eigenvalue weighted by atomic mass is 10.7. The molecule has 2 heterocycles. The van der Waals surface area contributed by atoms with Crippen molar-refractivity contribution in [3.05, 3.63) is 24.5 Å². The Balaban J connectivity index is 1.93. The average molecular weight is 177 g/mol. The average Bonchev–Trinajstić information content (AvgIpc) is 2.75. The molecule has 13 heavy (non-hydrogen) atoms. The van der Waals surface area contributed by atoms with Gasteiger partial charge in [0.05, 0.1) is 6.21 Å². The van der Waals surface area contributed by atoms with E-state index < -0.39 is 0 Å². The summed E-state index contributed by atoms with van der Waals surface area (Å²) < 4.78 is 0. The first-order valence-corrected chi connectivity index (χ1v) is 3.59. The second-order valence-corrected chi connectivity index (χ2v) is 2.18. The van der Waals surface area contributed by atoms with Gasteiger partial charge in [-0.2, -0.15) is 15.2 Å². The minimum Gasteiger partial charge on any atom is -0.344 e. The van der Waals surface area contributed by atoms with Crippen LogP contribution >= 0.6 is 0 Å². The van der Waals surface area contributed by atoms with Crippen LogP contribution in [-0.2, 0) is 0 Å². The molecule has 0 bridgehead atoms. The van der Waals surface area contributed by atoms with Crippen LogP contribution in [-0.4, -0.2) is 31.4 Å². The van der Waals surface area contributed by atoms with E-state index in [0.29, 0.717) is 11.8 Å². The molecule has 66 valence electrons. The fourth-order valence-corrected chi connectivity index (χ4v) is 0.762. The minimum absolute atomic E-state index is 0.489. The van der Waals surface area contributed by atoms with Gasteiger partial charge in [0, 0.05) is 12.4 Å². The van der Waals surface area contributed by atoms with Crippen LogP contribution < -0.4 is 5.43 Å². The first-order valence-electron chi connectivity index (χ1n) is 3.59. The smallest absolute Gasteiger partial charge is 0.239 e. The molecular formula is C6H7N7. The van der Waals surface area contributed by atoms with Crippen LogP contribution in [0.1, 0.15) is 5.82 Å². The molecule has 7 nitrogen and oxygen atoms in total. The number of nitrogens with one attached hydrogen (secondary N) is 3. The van der Waals surface area contributed by atoms with Gasteiger partial charge in [0.25, 0.3) is 0 Å². The molecule has 0 radical (unpaired) electrons. The predicted molar refractivity (Wildman–Crippen MR) is 46.2 cm³/mol. The lowest BCUT2D eigenvalue weighted by molar-refractivity contribution is 1.08. The highest BCUT2D eigenvalue weighted by atomic mass is 15.4. The number of anilines is 1. The van der Waals surface area contributed by atoms with Gasteiger partial charge in [-0.3, -0.25) is 0 Å². The molecule has 2 aromatic rings. The molecule has 0 aromatic carbocycles. The normalized spacial score (nSPS) is 10.8. The molecule has 0 atom stereocenters. The fraction of sp³-hybridized carbons (Fsp3) is 0. The maximum absolute atomic E-state index is 3.94. The highest BCUT2D eigenvalue weighted by Gasteiger charge is 1.89. The molecule has 0 spiro atoms. The zero-order valence-electron chi connectivity index (χ0n) is 6.60. The van der Waals surface area contributed by atoms with Crippen molar-refractivity contribution in [1.82, 2.24) is 25.1 Å². The van der Waals surface area contributed by atoms with Gasteiger partial charge in [-0.1, -0.05) is 0 Å². The number of hydrogen-bond acceptors (Lipinski definition) is 5. The van der Waals surface area contributed by atoms with Crippen molar-refractivity contribution in [2.24, 2.45) is 5.10 Å². The number of rotatable bonds is 3. The summed E-state index contributed by atoms with van der Waals surface area (Å²) >= 11 is 0. The van der Waals surface area contributed by atoms with Crippen molar-refractivity contribution < 1.29 is 0 Å². The third-order valence-corrected chi connectivity index (χ3v) is 1.29. The largest absolute Gasteiger partial charge is 0.344 e. The van der Waals surface area contributed by atoms with E-state index in [1.807, 2.05) is 0 Å². The van der Waals surface area contributed by atoms with Gasteiger partial charge in [-0.05, 0) is 0 Å². The highest BCUT2D eigenvalue weighted by Crippen LogP contribution is 1.91. The Bertz CT molecular complexity index is 360. The van der Waals surface area contributed by atoms with Gasteiger partial charge in [-0.15, -0.1) is 0 Å². The molecule has 0 unspecified atom stereocenters. The van der Waals surface area contributed by atoms with Crippen molar-refractivity contribution in [2.75, 3.05) is 5.43 Å². The Morgan fingerprint density at radius 1 is 1.46 bits per heavy atom. The molecule has 0 fully saturated rings. The maximum atomic E-state index is 3.94. The maximum Gasteiger partial charge on any atom is 0.239 e. The number of nitrogens with zero attached hydrogens (tertiary/aromatic N) is 4. The van der Waals surface area contributed by atoms with E-state index in [9.17, 15) is 0 Å². The lowest BCUT2D eigenvalue weighted by Gasteiger charge is -1.89. The van der Waals surface area contributed by atoms with E-state index in [2.05, 4.69) is 35.7 Å². The monoisotopic (exact) mass is 177 g/mol. The molecule has 2 aromatic heterocycles. The van der Waals surface area contributed by atoms with Crippen LogP contribution in [0.3, 0.4) is 0 Å². The Hall–Kier alpha value is -2.18. The summed E-state index contributed by atoms with van der Waals surface area (Å²) in [6.07, 6.45) is 6.30. The quantitative estimate of drug-likeness (QED) is 0.453. The van der Waals surface area contributed by atoms with Crippen molar-refractivity contribution in [1.29, 1.82) is 0 Å². The summed E-state index contributed by atoms with van der Waals surface area (Å²) in [6, 6.07) is 0. The molecule has 0 saturated heterocycles. The number of hydrogen-bond donors (Lipinski definition) is 3. The summed E-state index contributed by atoms with van der Waals surface area (Å²) in [5, 5.41) is 10.1. The Morgan fingerprint density at radius 3 is 3.15 bits per heavy atom. The molecule has 0 aliphatic rings. The molecule has 2 rings (SSSR count). The summed E-state index contributed by atoms with van der Waals surface area (Å²) in [7, 11) is 0. The van der Waals surface area contributed by atoms with Gasteiger partial charge in [0.2, 0.25) is 5.95 Å². The van der Waals surface area contributed by atoms with Crippen molar-refractivity contribution in [3.8, 4) is 0 Å². The Morgan fingerprint density at radius 2 is 2.46 bits per heavy atom. The van der Waals surface area contributed by atoms with Gasteiger partial charge in [0.15, 0.2) is 0 Å². The van der Waals surface area contributed by atoms with Gasteiger partial charge >= 0.3 is 0 Å². The van der Waals surface area contributed by atoms with Gasteiger partial charge < -0.3 is 4.98 Å². The minimum atomic E-state index is 0.489. The zero-order valence-corrected chi connectivity index (χ0v) is 6.60. The SMILES string of the molecule is C(=N\Nc1ncn[nH]1)/c1ncc[nH]1. The van der Waals surface area contributed by atoms with E-state index in [1.165, 1.54) is 6.33 Å². The van der Waals surface area contributed by atoms with Crippen molar-refractivity contribution in [3.63, 3.8) is 0 Å². The Kier molecular flexibility index (Phi) is 2.00. The summed E-state index contributed by atoms with van der Waals surface area (Å²) in [5.41, 5.74) is 2.64. The van der Waals surface area contributed by atoms with Crippen LogP contribution in [0.4, 0.5) is 5.95 Å². The molecular weight excluding hydrogens is 170 g/mol. The summed E-state index contributed by atoms with van der Waals surface area (Å²) in [6.45, 7) is 0. The topological polar surface area (TPSA) is 94.6 Å². The van der Waals surface area contributed by atoms with Crippen LogP contribution in [0.5, 0.6) is 0 Å². The number of aromatic nitrogens is 5.